The number of carbonyl (C=O) groups is 1. The van der Waals surface area contributed by atoms with Gasteiger partial charge in [-0.1, -0.05) is 19.0 Å². The van der Waals surface area contributed by atoms with Crippen molar-refractivity contribution < 1.29 is 14.1 Å². The van der Waals surface area contributed by atoms with E-state index in [0.29, 0.717) is 36.2 Å². The molecule has 0 spiro atoms. The molecule has 0 aromatic carbocycles. The van der Waals surface area contributed by atoms with Crippen molar-refractivity contribution in [3.63, 3.8) is 0 Å². The number of nitrogens with zero attached hydrogens (tertiary/aromatic N) is 6. The van der Waals surface area contributed by atoms with E-state index in [-0.39, 0.29) is 18.4 Å². The zero-order valence-electron chi connectivity index (χ0n) is 14.3. The maximum Gasteiger partial charge on any atom is 0.270 e. The van der Waals surface area contributed by atoms with Crippen molar-refractivity contribution in [2.45, 2.75) is 32.8 Å². The van der Waals surface area contributed by atoms with E-state index < -0.39 is 0 Å². The molecular weight excluding hydrogens is 326 g/mol. The Bertz CT molecular complexity index is 871. The zero-order valence-corrected chi connectivity index (χ0v) is 14.3. The summed E-state index contributed by atoms with van der Waals surface area (Å²) in [7, 11) is 1.56. The lowest BCUT2D eigenvalue weighted by Gasteiger charge is -2.09. The Kier molecular flexibility index (Phi) is 4.98. The lowest BCUT2D eigenvalue weighted by atomic mass is 10.1. The van der Waals surface area contributed by atoms with E-state index in [1.165, 1.54) is 6.33 Å². The van der Waals surface area contributed by atoms with Crippen LogP contribution in [0.25, 0.3) is 5.78 Å². The molecule has 0 aliphatic rings. The minimum atomic E-state index is -0.288. The smallest absolute Gasteiger partial charge is 0.270 e. The summed E-state index contributed by atoms with van der Waals surface area (Å²) < 4.78 is 11.6. The molecule has 1 N–H and O–H groups in total. The third kappa shape index (κ3) is 3.79. The first kappa shape index (κ1) is 17.0. The predicted octanol–water partition coefficient (Wildman–Crippen LogP) is 0.750. The van der Waals surface area contributed by atoms with E-state index >= 15 is 0 Å². The second-order valence-corrected chi connectivity index (χ2v) is 5.74. The van der Waals surface area contributed by atoms with Crippen LogP contribution in [0.15, 0.2) is 16.9 Å². The molecule has 0 saturated carbocycles. The van der Waals surface area contributed by atoms with Crippen molar-refractivity contribution in [2.24, 2.45) is 0 Å². The van der Waals surface area contributed by atoms with Gasteiger partial charge in [0.25, 0.3) is 11.7 Å². The predicted molar refractivity (Wildman–Crippen MR) is 85.9 cm³/mol. The van der Waals surface area contributed by atoms with Gasteiger partial charge in [0.1, 0.15) is 18.6 Å². The van der Waals surface area contributed by atoms with Crippen molar-refractivity contribution >= 4 is 11.7 Å². The molecule has 0 atom stereocenters. The quantitative estimate of drug-likeness (QED) is 0.666. The van der Waals surface area contributed by atoms with Crippen LogP contribution in [0.2, 0.25) is 0 Å². The largest absolute Gasteiger partial charge is 0.377 e. The molecular formula is C15H19N7O3. The molecule has 0 bridgehead atoms. The molecule has 3 heterocycles. The Morgan fingerprint density at radius 2 is 2.24 bits per heavy atom. The molecule has 25 heavy (non-hydrogen) atoms. The van der Waals surface area contributed by atoms with Crippen LogP contribution in [0.4, 0.5) is 0 Å². The first-order valence-electron chi connectivity index (χ1n) is 7.87. The standard InChI is InChI=1S/C15H19N7O3/c1-9(2)11-6-10(19-15-17-8-18-22(11)15)14(23)16-5-4-13-20-12(7-24-3)21-25-13/h6,8-9H,4-5,7H2,1-3H3,(H,16,23). The van der Waals surface area contributed by atoms with Gasteiger partial charge in [-0.05, 0) is 12.0 Å². The normalized spacial score (nSPS) is 11.4. The van der Waals surface area contributed by atoms with Crippen LogP contribution in [0.3, 0.4) is 0 Å². The molecule has 132 valence electrons. The summed E-state index contributed by atoms with van der Waals surface area (Å²) in [5.74, 6) is 1.21. The number of aromatic nitrogens is 6. The van der Waals surface area contributed by atoms with Gasteiger partial charge < -0.3 is 14.6 Å². The molecule has 0 aliphatic heterocycles. The van der Waals surface area contributed by atoms with E-state index in [2.05, 4.69) is 30.5 Å². The van der Waals surface area contributed by atoms with Gasteiger partial charge in [-0.25, -0.2) is 9.50 Å². The number of rotatable bonds is 7. The highest BCUT2D eigenvalue weighted by atomic mass is 16.5. The Morgan fingerprint density at radius 3 is 3.00 bits per heavy atom. The van der Waals surface area contributed by atoms with Gasteiger partial charge in [-0.2, -0.15) is 15.1 Å². The second-order valence-electron chi connectivity index (χ2n) is 5.74. The number of amides is 1. The third-order valence-corrected chi connectivity index (χ3v) is 3.51. The van der Waals surface area contributed by atoms with E-state index in [0.717, 1.165) is 5.69 Å². The van der Waals surface area contributed by atoms with Crippen LogP contribution >= 0.6 is 0 Å². The lowest BCUT2D eigenvalue weighted by molar-refractivity contribution is 0.0948. The van der Waals surface area contributed by atoms with Crippen molar-refractivity contribution in [3.05, 3.63) is 35.5 Å². The molecule has 10 nitrogen and oxygen atoms in total. The summed E-state index contributed by atoms with van der Waals surface area (Å²) in [6.45, 7) is 4.68. The van der Waals surface area contributed by atoms with Crippen LogP contribution < -0.4 is 5.32 Å². The number of methoxy groups -OCH3 is 1. The van der Waals surface area contributed by atoms with Crippen LogP contribution in [-0.2, 0) is 17.8 Å². The first-order chi connectivity index (χ1) is 12.1. The summed E-state index contributed by atoms with van der Waals surface area (Å²) in [5, 5.41) is 10.7. The molecule has 3 aromatic heterocycles. The van der Waals surface area contributed by atoms with Gasteiger partial charge in [0.2, 0.25) is 5.89 Å². The average molecular weight is 345 g/mol. The van der Waals surface area contributed by atoms with E-state index in [9.17, 15) is 4.79 Å². The molecule has 1 amide bonds. The number of ether oxygens (including phenoxy) is 1. The fourth-order valence-electron chi connectivity index (χ4n) is 2.32. The summed E-state index contributed by atoms with van der Waals surface area (Å²) in [6.07, 6.45) is 1.84. The minimum absolute atomic E-state index is 0.177. The average Bonchev–Trinajstić information content (AvgIpc) is 3.23. The van der Waals surface area contributed by atoms with Gasteiger partial charge >= 0.3 is 0 Å². The molecule has 3 aromatic rings. The van der Waals surface area contributed by atoms with Crippen LogP contribution in [0.1, 0.15) is 47.7 Å². The van der Waals surface area contributed by atoms with Gasteiger partial charge in [0.05, 0.1) is 5.69 Å². The molecule has 3 rings (SSSR count). The molecule has 0 radical (unpaired) electrons. The highest BCUT2D eigenvalue weighted by Crippen LogP contribution is 2.15. The summed E-state index contributed by atoms with van der Waals surface area (Å²) in [6, 6.07) is 1.73. The van der Waals surface area contributed by atoms with E-state index in [4.69, 9.17) is 9.26 Å². The van der Waals surface area contributed by atoms with Gasteiger partial charge in [-0.3, -0.25) is 4.79 Å². The first-order valence-corrected chi connectivity index (χ1v) is 7.87. The monoisotopic (exact) mass is 345 g/mol. The minimum Gasteiger partial charge on any atom is -0.377 e. The molecule has 0 aliphatic carbocycles. The van der Waals surface area contributed by atoms with Gasteiger partial charge in [0.15, 0.2) is 5.82 Å². The third-order valence-electron chi connectivity index (χ3n) is 3.51. The Hall–Kier alpha value is -2.88. The number of nitrogens with one attached hydrogen (secondary N) is 1. The fraction of sp³-hybridized carbons (Fsp3) is 0.467. The number of hydrogen-bond donors (Lipinski definition) is 1. The topological polar surface area (TPSA) is 120 Å². The van der Waals surface area contributed by atoms with E-state index in [1.807, 2.05) is 13.8 Å². The lowest BCUT2D eigenvalue weighted by Crippen LogP contribution is -2.27. The van der Waals surface area contributed by atoms with Crippen molar-refractivity contribution in [1.29, 1.82) is 0 Å². The molecule has 0 fully saturated rings. The van der Waals surface area contributed by atoms with Crippen molar-refractivity contribution in [2.75, 3.05) is 13.7 Å². The highest BCUT2D eigenvalue weighted by molar-refractivity contribution is 5.92. The van der Waals surface area contributed by atoms with Crippen molar-refractivity contribution in [1.82, 2.24) is 35.0 Å². The summed E-state index contributed by atoms with van der Waals surface area (Å²) in [5.41, 5.74) is 1.17. The maximum absolute atomic E-state index is 12.4. The highest BCUT2D eigenvalue weighted by Gasteiger charge is 2.15. The second kappa shape index (κ2) is 7.34. The molecule has 0 unspecified atom stereocenters. The zero-order chi connectivity index (χ0) is 17.8. The number of carbonyl (C=O) groups excluding carboxylic acids is 1. The van der Waals surface area contributed by atoms with Crippen LogP contribution in [0, 0.1) is 0 Å². The Balaban J connectivity index is 1.65. The summed E-state index contributed by atoms with van der Waals surface area (Å²) in [4.78, 5) is 24.8. The summed E-state index contributed by atoms with van der Waals surface area (Å²) >= 11 is 0. The number of hydrogen-bond acceptors (Lipinski definition) is 8. The maximum atomic E-state index is 12.4. The van der Waals surface area contributed by atoms with Crippen molar-refractivity contribution in [3.8, 4) is 0 Å². The van der Waals surface area contributed by atoms with Crippen LogP contribution in [0.5, 0.6) is 0 Å². The molecule has 10 heteroatoms. The van der Waals surface area contributed by atoms with E-state index in [1.54, 1.807) is 17.7 Å². The fourth-order valence-corrected chi connectivity index (χ4v) is 2.32. The van der Waals surface area contributed by atoms with Gasteiger partial charge in [0, 0.05) is 20.1 Å². The SMILES string of the molecule is COCc1noc(CCNC(=O)c2cc(C(C)C)n3ncnc3n2)n1. The Labute approximate surface area is 143 Å². The van der Waals surface area contributed by atoms with Gasteiger partial charge in [-0.15, -0.1) is 0 Å². The van der Waals surface area contributed by atoms with Crippen LogP contribution in [-0.4, -0.2) is 49.3 Å². The number of fused-ring (bicyclic) bond motifs is 1. The molecule has 0 saturated heterocycles. The Morgan fingerprint density at radius 1 is 1.40 bits per heavy atom.